The molecule has 1 unspecified atom stereocenters. The van der Waals surface area contributed by atoms with Gasteiger partial charge in [0.1, 0.15) is 6.04 Å². The van der Waals surface area contributed by atoms with Crippen molar-refractivity contribution in [3.05, 3.63) is 29.8 Å². The number of hydrogen-bond donors (Lipinski definition) is 3. The second-order valence-corrected chi connectivity index (χ2v) is 6.93. The summed E-state index contributed by atoms with van der Waals surface area (Å²) >= 11 is 0. The summed E-state index contributed by atoms with van der Waals surface area (Å²) < 4.78 is 26.5. The van der Waals surface area contributed by atoms with E-state index in [9.17, 15) is 18.0 Å². The van der Waals surface area contributed by atoms with Crippen LogP contribution in [-0.2, 0) is 19.6 Å². The summed E-state index contributed by atoms with van der Waals surface area (Å²) in [5.74, 6) is -1.61. The Bertz CT molecular complexity index is 640. The van der Waals surface area contributed by atoms with Crippen LogP contribution in [0.4, 0.5) is 0 Å². The third-order valence-electron chi connectivity index (χ3n) is 3.16. The summed E-state index contributed by atoms with van der Waals surface area (Å²) in [6.45, 7) is 4.22. The van der Waals surface area contributed by atoms with E-state index in [0.29, 0.717) is 6.54 Å². The molecule has 3 N–H and O–H groups in total. The van der Waals surface area contributed by atoms with Gasteiger partial charge in [0.05, 0.1) is 4.90 Å². The molecule has 0 saturated heterocycles. The summed E-state index contributed by atoms with van der Waals surface area (Å²) in [4.78, 5) is 22.7. The number of hydrogen-bond acceptors (Lipinski definition) is 4. The second kappa shape index (κ2) is 8.64. The minimum atomic E-state index is -3.95. The Labute approximate surface area is 136 Å². The van der Waals surface area contributed by atoms with Gasteiger partial charge in [-0.3, -0.25) is 9.59 Å². The smallest absolute Gasteiger partial charge is 0.321 e. The molecule has 0 aliphatic heterocycles. The number of nitrogens with one attached hydrogen (secondary N) is 2. The Morgan fingerprint density at radius 2 is 1.83 bits per heavy atom. The zero-order valence-corrected chi connectivity index (χ0v) is 14.0. The van der Waals surface area contributed by atoms with Crippen LogP contribution in [0.25, 0.3) is 0 Å². The Morgan fingerprint density at radius 1 is 1.22 bits per heavy atom. The van der Waals surface area contributed by atoms with Gasteiger partial charge in [-0.2, -0.15) is 4.72 Å². The largest absolute Gasteiger partial charge is 0.480 e. The second-order valence-electron chi connectivity index (χ2n) is 5.21. The number of benzene rings is 1. The minimum Gasteiger partial charge on any atom is -0.480 e. The number of sulfonamides is 1. The van der Waals surface area contributed by atoms with Crippen molar-refractivity contribution in [2.45, 2.75) is 44.0 Å². The van der Waals surface area contributed by atoms with Crippen LogP contribution in [0.2, 0.25) is 0 Å². The Kier molecular flexibility index (Phi) is 7.18. The Morgan fingerprint density at radius 3 is 2.35 bits per heavy atom. The van der Waals surface area contributed by atoms with Crippen molar-refractivity contribution < 1.29 is 23.1 Å². The van der Waals surface area contributed by atoms with Gasteiger partial charge in [0.2, 0.25) is 15.9 Å². The van der Waals surface area contributed by atoms with Crippen LogP contribution in [0.3, 0.4) is 0 Å². The van der Waals surface area contributed by atoms with Gasteiger partial charge < -0.3 is 10.4 Å². The SMILES string of the molecule is CCCNC(=O)CCC(NS(=O)(=O)c1ccc(C)cc1)C(=O)O. The molecule has 0 fully saturated rings. The van der Waals surface area contributed by atoms with E-state index in [2.05, 4.69) is 10.0 Å². The molecule has 1 atom stereocenters. The molecule has 0 aromatic heterocycles. The van der Waals surface area contributed by atoms with Crippen molar-refractivity contribution in [3.8, 4) is 0 Å². The molecule has 1 aromatic carbocycles. The Hall–Kier alpha value is -1.93. The molecule has 0 spiro atoms. The molecule has 0 heterocycles. The van der Waals surface area contributed by atoms with Crippen molar-refractivity contribution in [1.82, 2.24) is 10.0 Å². The summed E-state index contributed by atoms with van der Waals surface area (Å²) in [6.07, 6.45) is 0.595. The zero-order valence-electron chi connectivity index (χ0n) is 13.2. The van der Waals surface area contributed by atoms with Gasteiger partial charge in [-0.1, -0.05) is 24.6 Å². The average molecular weight is 342 g/mol. The topological polar surface area (TPSA) is 113 Å². The number of carboxylic acids is 1. The molecule has 7 nitrogen and oxygen atoms in total. The number of aryl methyl sites for hydroxylation is 1. The fourth-order valence-electron chi connectivity index (χ4n) is 1.83. The predicted molar refractivity (Wildman–Crippen MR) is 85.5 cm³/mol. The van der Waals surface area contributed by atoms with Gasteiger partial charge in [-0.05, 0) is 31.9 Å². The lowest BCUT2D eigenvalue weighted by Crippen LogP contribution is -2.41. The number of carbonyl (C=O) groups is 2. The molecule has 1 rings (SSSR count). The van der Waals surface area contributed by atoms with E-state index < -0.39 is 22.0 Å². The van der Waals surface area contributed by atoms with Crippen molar-refractivity contribution in [2.75, 3.05) is 6.54 Å². The first-order valence-corrected chi connectivity index (χ1v) is 8.83. The van der Waals surface area contributed by atoms with Gasteiger partial charge in [-0.15, -0.1) is 0 Å². The van der Waals surface area contributed by atoms with Crippen molar-refractivity contribution >= 4 is 21.9 Å². The van der Waals surface area contributed by atoms with Crippen LogP contribution in [0.1, 0.15) is 31.7 Å². The summed E-state index contributed by atoms with van der Waals surface area (Å²) in [6, 6.07) is 4.72. The number of amides is 1. The molecule has 0 radical (unpaired) electrons. The van der Waals surface area contributed by atoms with E-state index in [1.807, 2.05) is 13.8 Å². The molecule has 1 amide bonds. The maximum Gasteiger partial charge on any atom is 0.321 e. The fraction of sp³-hybridized carbons (Fsp3) is 0.467. The van der Waals surface area contributed by atoms with Crippen LogP contribution < -0.4 is 10.0 Å². The zero-order chi connectivity index (χ0) is 17.5. The van der Waals surface area contributed by atoms with E-state index in [4.69, 9.17) is 5.11 Å². The lowest BCUT2D eigenvalue weighted by Gasteiger charge is -2.15. The van der Waals surface area contributed by atoms with Gasteiger partial charge in [0.15, 0.2) is 0 Å². The fourth-order valence-corrected chi connectivity index (χ4v) is 3.06. The van der Waals surface area contributed by atoms with Crippen molar-refractivity contribution in [1.29, 1.82) is 0 Å². The molecule has 23 heavy (non-hydrogen) atoms. The average Bonchev–Trinajstić information content (AvgIpc) is 2.49. The maximum absolute atomic E-state index is 12.2. The highest BCUT2D eigenvalue weighted by Crippen LogP contribution is 2.12. The highest BCUT2D eigenvalue weighted by molar-refractivity contribution is 7.89. The first-order valence-electron chi connectivity index (χ1n) is 7.34. The third kappa shape index (κ3) is 6.37. The molecule has 0 bridgehead atoms. The van der Waals surface area contributed by atoms with E-state index in [1.165, 1.54) is 12.1 Å². The number of rotatable bonds is 9. The number of carbonyl (C=O) groups excluding carboxylic acids is 1. The van der Waals surface area contributed by atoms with Crippen LogP contribution in [-0.4, -0.2) is 38.0 Å². The molecule has 0 saturated carbocycles. The van der Waals surface area contributed by atoms with Gasteiger partial charge in [0.25, 0.3) is 0 Å². The standard InChI is InChI=1S/C15H22N2O5S/c1-3-10-16-14(18)9-8-13(15(19)20)17-23(21,22)12-6-4-11(2)5-7-12/h4-7,13,17H,3,8-10H2,1-2H3,(H,16,18)(H,19,20). The Balaban J connectivity index is 2.73. The predicted octanol–water partition coefficient (Wildman–Crippen LogP) is 1.03. The van der Waals surface area contributed by atoms with Gasteiger partial charge in [0, 0.05) is 13.0 Å². The van der Waals surface area contributed by atoms with Crippen LogP contribution in [0, 0.1) is 6.92 Å². The molecular formula is C15H22N2O5S. The van der Waals surface area contributed by atoms with Crippen LogP contribution in [0.15, 0.2) is 29.2 Å². The van der Waals surface area contributed by atoms with Crippen LogP contribution >= 0.6 is 0 Å². The first-order chi connectivity index (χ1) is 10.8. The monoisotopic (exact) mass is 342 g/mol. The van der Waals surface area contributed by atoms with Gasteiger partial charge >= 0.3 is 5.97 Å². The lowest BCUT2D eigenvalue weighted by molar-refractivity contribution is -0.139. The highest BCUT2D eigenvalue weighted by atomic mass is 32.2. The van der Waals surface area contributed by atoms with Crippen molar-refractivity contribution in [2.24, 2.45) is 0 Å². The molecule has 8 heteroatoms. The van der Waals surface area contributed by atoms with Crippen molar-refractivity contribution in [3.63, 3.8) is 0 Å². The van der Waals surface area contributed by atoms with E-state index in [0.717, 1.165) is 12.0 Å². The molecule has 1 aromatic rings. The first kappa shape index (κ1) is 19.1. The molecule has 0 aliphatic rings. The number of carboxylic acid groups (broad SMARTS) is 1. The maximum atomic E-state index is 12.2. The summed E-state index contributed by atoms with van der Waals surface area (Å²) in [7, 11) is -3.95. The number of aliphatic carboxylic acids is 1. The lowest BCUT2D eigenvalue weighted by atomic mass is 10.1. The highest BCUT2D eigenvalue weighted by Gasteiger charge is 2.25. The van der Waals surface area contributed by atoms with Gasteiger partial charge in [-0.25, -0.2) is 8.42 Å². The summed E-state index contributed by atoms with van der Waals surface area (Å²) in [5, 5.41) is 11.8. The third-order valence-corrected chi connectivity index (χ3v) is 4.65. The van der Waals surface area contributed by atoms with E-state index in [-0.39, 0.29) is 23.6 Å². The molecule has 128 valence electrons. The normalized spacial score (nSPS) is 12.6. The van der Waals surface area contributed by atoms with E-state index in [1.54, 1.807) is 12.1 Å². The molecular weight excluding hydrogens is 320 g/mol. The van der Waals surface area contributed by atoms with Crippen LogP contribution in [0.5, 0.6) is 0 Å². The summed E-state index contributed by atoms with van der Waals surface area (Å²) in [5.41, 5.74) is 0.895. The quantitative estimate of drug-likeness (QED) is 0.620. The minimum absolute atomic E-state index is 0.00946. The van der Waals surface area contributed by atoms with E-state index >= 15 is 0 Å². The molecule has 0 aliphatic carbocycles.